The molecule has 1 aromatic heterocycles. The first-order chi connectivity index (χ1) is 9.08. The first-order valence-electron chi connectivity index (χ1n) is 7.01. The van der Waals surface area contributed by atoms with E-state index in [9.17, 15) is 0 Å². The van der Waals surface area contributed by atoms with Crippen molar-refractivity contribution < 1.29 is 4.74 Å². The quantitative estimate of drug-likeness (QED) is 0.905. The molecule has 1 aliphatic heterocycles. The molecule has 4 heteroatoms. The van der Waals surface area contributed by atoms with E-state index in [-0.39, 0.29) is 5.60 Å². The molecule has 0 radical (unpaired) electrons. The summed E-state index contributed by atoms with van der Waals surface area (Å²) in [5.41, 5.74) is 2.24. The molecule has 2 unspecified atom stereocenters. The van der Waals surface area contributed by atoms with Gasteiger partial charge in [-0.25, -0.2) is 0 Å². The Balaban J connectivity index is 2.09. The number of piperidine rings is 1. The zero-order valence-corrected chi connectivity index (χ0v) is 12.4. The van der Waals surface area contributed by atoms with Crippen LogP contribution >= 0.6 is 0 Å². The van der Waals surface area contributed by atoms with Crippen molar-refractivity contribution in [3.05, 3.63) is 24.0 Å². The van der Waals surface area contributed by atoms with Crippen LogP contribution in [0, 0.1) is 0 Å². The molecule has 19 heavy (non-hydrogen) atoms. The minimum Gasteiger partial charge on any atom is -0.377 e. The lowest BCUT2D eigenvalue weighted by molar-refractivity contribution is -0.00466. The first-order valence-corrected chi connectivity index (χ1v) is 7.01. The van der Waals surface area contributed by atoms with Gasteiger partial charge in [0.2, 0.25) is 0 Å². The summed E-state index contributed by atoms with van der Waals surface area (Å²) < 4.78 is 5.64. The van der Waals surface area contributed by atoms with Crippen molar-refractivity contribution in [3.8, 4) is 0 Å². The number of anilines is 1. The summed E-state index contributed by atoms with van der Waals surface area (Å²) in [6.45, 7) is 6.32. The number of nitrogens with zero attached hydrogens (tertiary/aromatic N) is 2. The van der Waals surface area contributed by atoms with Crippen LogP contribution in [0.15, 0.2) is 18.3 Å². The molecule has 0 bridgehead atoms. The van der Waals surface area contributed by atoms with Gasteiger partial charge >= 0.3 is 0 Å². The molecule has 0 aliphatic carbocycles. The fourth-order valence-corrected chi connectivity index (χ4v) is 2.58. The van der Waals surface area contributed by atoms with E-state index in [0.717, 1.165) is 25.2 Å². The summed E-state index contributed by atoms with van der Waals surface area (Å²) in [6, 6.07) is 4.56. The van der Waals surface area contributed by atoms with E-state index >= 15 is 0 Å². The van der Waals surface area contributed by atoms with Gasteiger partial charge in [-0.15, -0.1) is 0 Å². The number of pyridine rings is 1. The van der Waals surface area contributed by atoms with Crippen LogP contribution < -0.4 is 10.2 Å². The van der Waals surface area contributed by atoms with Crippen molar-refractivity contribution in [2.24, 2.45) is 0 Å². The molecular formula is C15H25N3O. The number of rotatable bonds is 4. The van der Waals surface area contributed by atoms with Crippen LogP contribution in [0.2, 0.25) is 0 Å². The third-order valence-electron chi connectivity index (χ3n) is 4.16. The van der Waals surface area contributed by atoms with Crippen molar-refractivity contribution in [1.82, 2.24) is 10.3 Å². The van der Waals surface area contributed by atoms with Gasteiger partial charge in [0.25, 0.3) is 0 Å². The van der Waals surface area contributed by atoms with E-state index in [2.05, 4.69) is 41.2 Å². The Labute approximate surface area is 116 Å². The Kier molecular flexibility index (Phi) is 4.42. The van der Waals surface area contributed by atoms with E-state index in [1.807, 2.05) is 13.2 Å². The van der Waals surface area contributed by atoms with Gasteiger partial charge in [0, 0.05) is 26.2 Å². The van der Waals surface area contributed by atoms with Gasteiger partial charge in [-0.3, -0.25) is 4.98 Å². The molecule has 4 nitrogen and oxygen atoms in total. The molecule has 1 fully saturated rings. The summed E-state index contributed by atoms with van der Waals surface area (Å²) in [5, 5.41) is 3.21. The third kappa shape index (κ3) is 3.25. The lowest BCUT2D eigenvalue weighted by Crippen LogP contribution is -2.47. The van der Waals surface area contributed by atoms with Crippen LogP contribution in [0.3, 0.4) is 0 Å². The molecule has 0 amide bonds. The van der Waals surface area contributed by atoms with Gasteiger partial charge in [0.1, 0.15) is 0 Å². The van der Waals surface area contributed by atoms with Gasteiger partial charge < -0.3 is 15.0 Å². The Morgan fingerprint density at radius 1 is 1.47 bits per heavy atom. The molecule has 2 rings (SSSR count). The SMILES string of the molecule is CNC(C)c1ccc(N2CCCC(C)(OC)C2)cn1. The second-order valence-electron chi connectivity index (χ2n) is 5.63. The number of nitrogens with one attached hydrogen (secondary N) is 1. The molecule has 2 heterocycles. The summed E-state index contributed by atoms with van der Waals surface area (Å²) in [4.78, 5) is 6.92. The van der Waals surface area contributed by atoms with E-state index in [1.54, 1.807) is 7.11 Å². The van der Waals surface area contributed by atoms with Crippen molar-refractivity contribution >= 4 is 5.69 Å². The number of aromatic nitrogens is 1. The monoisotopic (exact) mass is 263 g/mol. The van der Waals surface area contributed by atoms with Crippen LogP contribution in [0.25, 0.3) is 0 Å². The predicted molar refractivity (Wildman–Crippen MR) is 78.6 cm³/mol. The molecule has 0 aromatic carbocycles. The van der Waals surface area contributed by atoms with Crippen molar-refractivity contribution in [2.75, 3.05) is 32.1 Å². The van der Waals surface area contributed by atoms with Gasteiger partial charge in [-0.05, 0) is 45.9 Å². The van der Waals surface area contributed by atoms with Crippen LogP contribution in [-0.2, 0) is 4.74 Å². The molecule has 1 saturated heterocycles. The summed E-state index contributed by atoms with van der Waals surface area (Å²) >= 11 is 0. The largest absolute Gasteiger partial charge is 0.377 e. The first kappa shape index (κ1) is 14.3. The molecular weight excluding hydrogens is 238 g/mol. The van der Waals surface area contributed by atoms with Crippen molar-refractivity contribution in [1.29, 1.82) is 0 Å². The Bertz CT molecular complexity index is 406. The maximum atomic E-state index is 5.64. The van der Waals surface area contributed by atoms with Gasteiger partial charge in [-0.2, -0.15) is 0 Å². The third-order valence-corrected chi connectivity index (χ3v) is 4.16. The fourth-order valence-electron chi connectivity index (χ4n) is 2.58. The van der Waals surface area contributed by atoms with E-state index in [1.165, 1.54) is 12.1 Å². The molecule has 2 atom stereocenters. The molecule has 0 saturated carbocycles. The Hall–Kier alpha value is -1.13. The zero-order chi connectivity index (χ0) is 13.9. The molecule has 1 aromatic rings. The number of hydrogen-bond acceptors (Lipinski definition) is 4. The lowest BCUT2D eigenvalue weighted by Gasteiger charge is -2.40. The number of ether oxygens (including phenoxy) is 1. The molecule has 106 valence electrons. The summed E-state index contributed by atoms with van der Waals surface area (Å²) in [7, 11) is 3.76. The van der Waals surface area contributed by atoms with Gasteiger partial charge in [0.05, 0.1) is 23.2 Å². The van der Waals surface area contributed by atoms with Crippen molar-refractivity contribution in [2.45, 2.75) is 38.3 Å². The summed E-state index contributed by atoms with van der Waals surface area (Å²) in [5.74, 6) is 0. The highest BCUT2D eigenvalue weighted by Crippen LogP contribution is 2.28. The van der Waals surface area contributed by atoms with Crippen LogP contribution in [0.5, 0.6) is 0 Å². The Morgan fingerprint density at radius 3 is 2.84 bits per heavy atom. The summed E-state index contributed by atoms with van der Waals surface area (Å²) in [6.07, 6.45) is 4.27. The van der Waals surface area contributed by atoms with Crippen LogP contribution in [0.1, 0.15) is 38.4 Å². The zero-order valence-electron chi connectivity index (χ0n) is 12.4. The van der Waals surface area contributed by atoms with Gasteiger partial charge in [0.15, 0.2) is 0 Å². The predicted octanol–water partition coefficient (Wildman–Crippen LogP) is 2.37. The van der Waals surface area contributed by atoms with Gasteiger partial charge in [-0.1, -0.05) is 0 Å². The number of hydrogen-bond donors (Lipinski definition) is 1. The fraction of sp³-hybridized carbons (Fsp3) is 0.667. The Morgan fingerprint density at radius 2 is 2.26 bits per heavy atom. The van der Waals surface area contributed by atoms with E-state index in [4.69, 9.17) is 4.74 Å². The van der Waals surface area contributed by atoms with Crippen LogP contribution in [0.4, 0.5) is 5.69 Å². The minimum absolute atomic E-state index is 0.0326. The lowest BCUT2D eigenvalue weighted by atomic mass is 9.94. The average molecular weight is 263 g/mol. The average Bonchev–Trinajstić information content (AvgIpc) is 2.46. The van der Waals surface area contributed by atoms with E-state index < -0.39 is 0 Å². The highest BCUT2D eigenvalue weighted by molar-refractivity contribution is 5.45. The highest BCUT2D eigenvalue weighted by atomic mass is 16.5. The standard InChI is InChI=1S/C15H25N3O/c1-12(16-3)14-7-6-13(10-17-14)18-9-5-8-15(2,11-18)19-4/h6-7,10,12,16H,5,8-9,11H2,1-4H3. The molecule has 1 aliphatic rings. The molecule has 1 N–H and O–H groups in total. The number of methoxy groups -OCH3 is 1. The second-order valence-corrected chi connectivity index (χ2v) is 5.63. The highest BCUT2D eigenvalue weighted by Gasteiger charge is 2.30. The van der Waals surface area contributed by atoms with Crippen molar-refractivity contribution in [3.63, 3.8) is 0 Å². The molecule has 0 spiro atoms. The minimum atomic E-state index is -0.0326. The van der Waals surface area contributed by atoms with E-state index in [0.29, 0.717) is 6.04 Å². The van der Waals surface area contributed by atoms with Crippen LogP contribution in [-0.4, -0.2) is 37.8 Å². The maximum absolute atomic E-state index is 5.64. The normalized spacial score (nSPS) is 25.4. The maximum Gasteiger partial charge on any atom is 0.0825 e. The second kappa shape index (κ2) is 5.88. The smallest absolute Gasteiger partial charge is 0.0825 e. The topological polar surface area (TPSA) is 37.4 Å².